The molecule has 0 aliphatic carbocycles. The third-order valence-electron chi connectivity index (χ3n) is 6.25. The molecule has 0 saturated heterocycles. The predicted molar refractivity (Wildman–Crippen MR) is 97.5 cm³/mol. The SMILES string of the molecule is CC(C)C(C)C(C(C)C)C(C)C(C)C(C)C(C)CN(C)C. The molecule has 0 rings (SSSR count). The van der Waals surface area contributed by atoms with Gasteiger partial charge in [0, 0.05) is 6.54 Å². The molecule has 0 spiro atoms. The van der Waals surface area contributed by atoms with Crippen LogP contribution in [0.2, 0.25) is 0 Å². The van der Waals surface area contributed by atoms with E-state index in [9.17, 15) is 0 Å². The standard InChI is InChI=1S/C20H43N/c1-13(2)16(6)20(14(3)4)19(9)18(8)17(7)15(5)12-21(10)11/h13-20H,12H2,1-11H3. The van der Waals surface area contributed by atoms with Crippen molar-refractivity contribution in [3.8, 4) is 0 Å². The minimum atomic E-state index is 0.764. The first-order valence-electron chi connectivity index (χ1n) is 9.15. The lowest BCUT2D eigenvalue weighted by Crippen LogP contribution is -2.36. The summed E-state index contributed by atoms with van der Waals surface area (Å²) in [6, 6.07) is 0. The maximum absolute atomic E-state index is 2.51. The van der Waals surface area contributed by atoms with Crippen LogP contribution in [0, 0.1) is 47.3 Å². The second kappa shape index (κ2) is 9.18. The van der Waals surface area contributed by atoms with Gasteiger partial charge in [-0.1, -0.05) is 62.3 Å². The third kappa shape index (κ3) is 6.30. The van der Waals surface area contributed by atoms with Crippen molar-refractivity contribution in [3.63, 3.8) is 0 Å². The van der Waals surface area contributed by atoms with E-state index in [2.05, 4.69) is 81.3 Å². The van der Waals surface area contributed by atoms with E-state index < -0.39 is 0 Å². The lowest BCUT2D eigenvalue weighted by molar-refractivity contribution is 0.0734. The summed E-state index contributed by atoms with van der Waals surface area (Å²) in [5.74, 6) is 6.31. The van der Waals surface area contributed by atoms with Gasteiger partial charge in [0.2, 0.25) is 0 Å². The van der Waals surface area contributed by atoms with Gasteiger partial charge in [-0.2, -0.15) is 0 Å². The van der Waals surface area contributed by atoms with Crippen molar-refractivity contribution in [2.24, 2.45) is 47.3 Å². The fraction of sp³-hybridized carbons (Fsp3) is 1.00. The number of hydrogen-bond acceptors (Lipinski definition) is 1. The molecule has 21 heavy (non-hydrogen) atoms. The van der Waals surface area contributed by atoms with Crippen LogP contribution < -0.4 is 0 Å². The first-order valence-corrected chi connectivity index (χ1v) is 9.15. The van der Waals surface area contributed by atoms with Crippen molar-refractivity contribution >= 4 is 0 Å². The fourth-order valence-electron chi connectivity index (χ4n) is 4.23. The summed E-state index contributed by atoms with van der Waals surface area (Å²) in [7, 11) is 4.38. The average Bonchev–Trinajstić information content (AvgIpc) is 2.35. The fourth-order valence-corrected chi connectivity index (χ4v) is 4.23. The van der Waals surface area contributed by atoms with Crippen molar-refractivity contribution in [2.45, 2.75) is 62.3 Å². The summed E-state index contributed by atoms with van der Waals surface area (Å²) >= 11 is 0. The van der Waals surface area contributed by atoms with Crippen LogP contribution in [0.1, 0.15) is 62.3 Å². The van der Waals surface area contributed by atoms with Gasteiger partial charge < -0.3 is 4.90 Å². The Balaban J connectivity index is 4.95. The summed E-state index contributed by atoms with van der Waals surface area (Å²) in [5.41, 5.74) is 0. The topological polar surface area (TPSA) is 3.24 Å². The molecule has 1 nitrogen and oxygen atoms in total. The average molecular weight is 298 g/mol. The molecule has 0 radical (unpaired) electrons. The Morgan fingerprint density at radius 3 is 1.38 bits per heavy atom. The molecule has 0 N–H and O–H groups in total. The normalized spacial score (nSPS) is 21.4. The van der Waals surface area contributed by atoms with Gasteiger partial charge in [0.1, 0.15) is 0 Å². The molecule has 1 heteroatoms. The Labute approximate surface area is 135 Å². The quantitative estimate of drug-likeness (QED) is 0.531. The zero-order valence-corrected chi connectivity index (χ0v) is 16.8. The number of rotatable bonds is 9. The molecular formula is C20H43N. The van der Waals surface area contributed by atoms with Crippen molar-refractivity contribution in [2.75, 3.05) is 20.6 Å². The molecule has 0 aromatic rings. The van der Waals surface area contributed by atoms with E-state index in [1.165, 1.54) is 6.54 Å². The van der Waals surface area contributed by atoms with Gasteiger partial charge in [-0.05, 0) is 61.4 Å². The summed E-state index contributed by atoms with van der Waals surface area (Å²) in [4.78, 5) is 2.33. The third-order valence-corrected chi connectivity index (χ3v) is 6.25. The minimum Gasteiger partial charge on any atom is -0.309 e. The van der Waals surface area contributed by atoms with Crippen molar-refractivity contribution < 1.29 is 0 Å². The van der Waals surface area contributed by atoms with Crippen LogP contribution >= 0.6 is 0 Å². The smallest absolute Gasteiger partial charge is 0.000357 e. The Bertz CT molecular complexity index is 269. The predicted octanol–water partition coefficient (Wildman–Crippen LogP) is 5.66. The number of nitrogens with zero attached hydrogens (tertiary/aromatic N) is 1. The maximum atomic E-state index is 2.51. The maximum Gasteiger partial charge on any atom is 0.000357 e. The van der Waals surface area contributed by atoms with E-state index in [4.69, 9.17) is 0 Å². The minimum absolute atomic E-state index is 0.764. The van der Waals surface area contributed by atoms with Crippen LogP contribution in [0.4, 0.5) is 0 Å². The first kappa shape index (κ1) is 21.0. The monoisotopic (exact) mass is 297 g/mol. The summed E-state index contributed by atoms with van der Waals surface area (Å²) in [5, 5.41) is 0. The van der Waals surface area contributed by atoms with Gasteiger partial charge in [0.25, 0.3) is 0 Å². The van der Waals surface area contributed by atoms with Gasteiger partial charge in [-0.15, -0.1) is 0 Å². The molecule has 0 heterocycles. The molecular weight excluding hydrogens is 254 g/mol. The Morgan fingerprint density at radius 2 is 1.05 bits per heavy atom. The van der Waals surface area contributed by atoms with Gasteiger partial charge >= 0.3 is 0 Å². The largest absolute Gasteiger partial charge is 0.309 e. The number of hydrogen-bond donors (Lipinski definition) is 0. The van der Waals surface area contributed by atoms with Crippen molar-refractivity contribution in [3.05, 3.63) is 0 Å². The molecule has 0 bridgehead atoms. The van der Waals surface area contributed by atoms with E-state index >= 15 is 0 Å². The summed E-state index contributed by atoms with van der Waals surface area (Å²) in [6.45, 7) is 23.1. The zero-order valence-electron chi connectivity index (χ0n) is 16.8. The van der Waals surface area contributed by atoms with Gasteiger partial charge in [-0.25, -0.2) is 0 Å². The van der Waals surface area contributed by atoms with Gasteiger partial charge in [0.15, 0.2) is 0 Å². The van der Waals surface area contributed by atoms with Crippen LogP contribution in [0.3, 0.4) is 0 Å². The van der Waals surface area contributed by atoms with Crippen LogP contribution in [0.15, 0.2) is 0 Å². The molecule has 0 amide bonds. The van der Waals surface area contributed by atoms with Crippen molar-refractivity contribution in [1.82, 2.24) is 4.90 Å². The Hall–Kier alpha value is -0.0400. The molecule has 6 unspecified atom stereocenters. The molecule has 0 fully saturated rings. The molecule has 0 saturated carbocycles. The van der Waals surface area contributed by atoms with Gasteiger partial charge in [-0.3, -0.25) is 0 Å². The van der Waals surface area contributed by atoms with E-state index in [1.807, 2.05) is 0 Å². The van der Waals surface area contributed by atoms with Crippen LogP contribution in [0.5, 0.6) is 0 Å². The highest BCUT2D eigenvalue weighted by molar-refractivity contribution is 4.83. The van der Waals surface area contributed by atoms with E-state index in [0.29, 0.717) is 0 Å². The molecule has 128 valence electrons. The van der Waals surface area contributed by atoms with Crippen LogP contribution in [-0.2, 0) is 0 Å². The summed E-state index contributed by atoms with van der Waals surface area (Å²) in [6.07, 6.45) is 0. The summed E-state index contributed by atoms with van der Waals surface area (Å²) < 4.78 is 0. The Morgan fingerprint density at radius 1 is 0.571 bits per heavy atom. The lowest BCUT2D eigenvalue weighted by atomic mass is 9.65. The molecule has 0 aromatic carbocycles. The first-order chi connectivity index (χ1) is 9.50. The molecule has 6 atom stereocenters. The van der Waals surface area contributed by atoms with E-state index in [-0.39, 0.29) is 0 Å². The highest BCUT2D eigenvalue weighted by Gasteiger charge is 2.34. The van der Waals surface area contributed by atoms with Gasteiger partial charge in [0.05, 0.1) is 0 Å². The highest BCUT2D eigenvalue weighted by Crippen LogP contribution is 2.40. The van der Waals surface area contributed by atoms with E-state index in [1.54, 1.807) is 0 Å². The van der Waals surface area contributed by atoms with E-state index in [0.717, 1.165) is 47.3 Å². The molecule has 0 aliphatic heterocycles. The Kier molecular flexibility index (Phi) is 9.16. The lowest BCUT2D eigenvalue weighted by Gasteiger charge is -2.41. The molecule has 0 aliphatic rings. The highest BCUT2D eigenvalue weighted by atomic mass is 15.1. The zero-order chi connectivity index (χ0) is 16.9. The second-order valence-corrected chi connectivity index (χ2v) is 8.74. The van der Waals surface area contributed by atoms with Crippen LogP contribution in [-0.4, -0.2) is 25.5 Å². The van der Waals surface area contributed by atoms with Crippen molar-refractivity contribution in [1.29, 1.82) is 0 Å². The second-order valence-electron chi connectivity index (χ2n) is 8.74. The molecule has 0 aromatic heterocycles. The van der Waals surface area contributed by atoms with Crippen LogP contribution in [0.25, 0.3) is 0 Å².